The van der Waals surface area contributed by atoms with Gasteiger partial charge in [0, 0.05) is 16.6 Å². The summed E-state index contributed by atoms with van der Waals surface area (Å²) in [4.78, 5) is 12.0. The number of hydrogen-bond acceptors (Lipinski definition) is 2. The quantitative estimate of drug-likeness (QED) is 0.879. The van der Waals surface area contributed by atoms with E-state index < -0.39 is 27.8 Å². The fourth-order valence-corrected chi connectivity index (χ4v) is 2.78. The normalized spacial score (nSPS) is 13.7. The second-order valence-corrected chi connectivity index (χ2v) is 6.77. The summed E-state index contributed by atoms with van der Waals surface area (Å²) in [6.45, 7) is 1.57. The SMILES string of the molecule is C[C@H](C(=O)Nc1ccccc1F)[S@@](=O)C/C=C/c1ccccc1. The molecule has 1 N–H and O–H groups in total. The van der Waals surface area contributed by atoms with Crippen molar-refractivity contribution in [2.45, 2.75) is 12.2 Å². The smallest absolute Gasteiger partial charge is 0.239 e. The minimum atomic E-state index is -1.37. The van der Waals surface area contributed by atoms with Gasteiger partial charge in [-0.15, -0.1) is 0 Å². The van der Waals surface area contributed by atoms with Crippen molar-refractivity contribution < 1.29 is 13.4 Å². The van der Waals surface area contributed by atoms with Crippen LogP contribution in [0, 0.1) is 5.82 Å². The summed E-state index contributed by atoms with van der Waals surface area (Å²) >= 11 is 0. The Labute approximate surface area is 137 Å². The van der Waals surface area contributed by atoms with Gasteiger partial charge in [0.25, 0.3) is 0 Å². The van der Waals surface area contributed by atoms with Gasteiger partial charge in [-0.1, -0.05) is 54.6 Å². The van der Waals surface area contributed by atoms with Gasteiger partial charge in [-0.3, -0.25) is 9.00 Å². The van der Waals surface area contributed by atoms with E-state index in [1.54, 1.807) is 25.1 Å². The third-order valence-corrected chi connectivity index (χ3v) is 4.79. The van der Waals surface area contributed by atoms with Gasteiger partial charge in [-0.25, -0.2) is 4.39 Å². The average Bonchev–Trinajstić information content (AvgIpc) is 2.57. The van der Waals surface area contributed by atoms with Crippen molar-refractivity contribution in [3.63, 3.8) is 0 Å². The number of anilines is 1. The first-order valence-electron chi connectivity index (χ1n) is 7.22. The molecule has 2 rings (SSSR count). The molecular formula is C18H18FNO2S. The minimum Gasteiger partial charge on any atom is -0.323 e. The van der Waals surface area contributed by atoms with Gasteiger partial charge < -0.3 is 5.32 Å². The van der Waals surface area contributed by atoms with Gasteiger partial charge in [-0.05, 0) is 24.6 Å². The summed E-state index contributed by atoms with van der Waals surface area (Å²) in [5.74, 6) is -0.704. The summed E-state index contributed by atoms with van der Waals surface area (Å²) in [7, 11) is -1.37. The summed E-state index contributed by atoms with van der Waals surface area (Å²) in [5, 5.41) is 1.74. The zero-order chi connectivity index (χ0) is 16.7. The highest BCUT2D eigenvalue weighted by molar-refractivity contribution is 7.86. The van der Waals surface area contributed by atoms with Crippen molar-refractivity contribution in [1.82, 2.24) is 0 Å². The molecule has 0 unspecified atom stereocenters. The summed E-state index contributed by atoms with van der Waals surface area (Å²) in [6, 6.07) is 15.5. The Balaban J connectivity index is 1.90. The zero-order valence-electron chi connectivity index (χ0n) is 12.7. The van der Waals surface area contributed by atoms with Crippen molar-refractivity contribution in [2.75, 3.05) is 11.1 Å². The molecule has 0 saturated heterocycles. The van der Waals surface area contributed by atoms with Crippen LogP contribution in [0.1, 0.15) is 12.5 Å². The van der Waals surface area contributed by atoms with Crippen molar-refractivity contribution in [3.05, 3.63) is 72.1 Å². The highest BCUT2D eigenvalue weighted by Gasteiger charge is 2.19. The molecule has 0 radical (unpaired) electrons. The maximum Gasteiger partial charge on any atom is 0.239 e. The lowest BCUT2D eigenvalue weighted by Crippen LogP contribution is -2.30. The molecule has 2 atom stereocenters. The average molecular weight is 331 g/mol. The van der Waals surface area contributed by atoms with Crippen molar-refractivity contribution in [2.24, 2.45) is 0 Å². The van der Waals surface area contributed by atoms with Crippen LogP contribution in [0.2, 0.25) is 0 Å². The molecule has 3 nitrogen and oxygen atoms in total. The monoisotopic (exact) mass is 331 g/mol. The zero-order valence-corrected chi connectivity index (χ0v) is 13.6. The molecule has 0 aromatic heterocycles. The fraction of sp³-hybridized carbons (Fsp3) is 0.167. The van der Waals surface area contributed by atoms with Gasteiger partial charge in [0.1, 0.15) is 11.1 Å². The van der Waals surface area contributed by atoms with E-state index in [0.717, 1.165) is 5.56 Å². The predicted octanol–water partition coefficient (Wildman–Crippen LogP) is 3.61. The van der Waals surface area contributed by atoms with Crippen molar-refractivity contribution in [3.8, 4) is 0 Å². The molecule has 0 saturated carbocycles. The number of rotatable bonds is 6. The van der Waals surface area contributed by atoms with Gasteiger partial charge in [0.2, 0.25) is 5.91 Å². The largest absolute Gasteiger partial charge is 0.323 e. The van der Waals surface area contributed by atoms with Crippen LogP contribution in [0.15, 0.2) is 60.7 Å². The molecule has 0 aliphatic rings. The van der Waals surface area contributed by atoms with Crippen LogP contribution in [0.3, 0.4) is 0 Å². The van der Waals surface area contributed by atoms with Crippen LogP contribution in [0.5, 0.6) is 0 Å². The number of amides is 1. The maximum absolute atomic E-state index is 13.5. The van der Waals surface area contributed by atoms with Crippen LogP contribution in [0.4, 0.5) is 10.1 Å². The summed E-state index contributed by atoms with van der Waals surface area (Å²) < 4.78 is 25.7. The van der Waals surface area contributed by atoms with Crippen LogP contribution < -0.4 is 5.32 Å². The Bertz CT molecular complexity index is 716. The third kappa shape index (κ3) is 5.14. The number of halogens is 1. The van der Waals surface area contributed by atoms with Crippen LogP contribution >= 0.6 is 0 Å². The van der Waals surface area contributed by atoms with Gasteiger partial charge in [0.05, 0.1) is 5.69 Å². The number of nitrogens with one attached hydrogen (secondary N) is 1. The molecule has 0 aliphatic heterocycles. The Morgan fingerprint density at radius 1 is 1.17 bits per heavy atom. The van der Waals surface area contributed by atoms with E-state index >= 15 is 0 Å². The Kier molecular flexibility index (Phi) is 6.23. The number of carbonyl (C=O) groups is 1. The molecule has 5 heteroatoms. The summed E-state index contributed by atoms with van der Waals surface area (Å²) in [5.41, 5.74) is 1.11. The highest BCUT2D eigenvalue weighted by atomic mass is 32.2. The fourth-order valence-electron chi connectivity index (χ4n) is 1.90. The number of carbonyl (C=O) groups excluding carboxylic acids is 1. The first-order chi connectivity index (χ1) is 11.1. The molecular weight excluding hydrogens is 313 g/mol. The van der Waals surface area contributed by atoms with Crippen LogP contribution in [0.25, 0.3) is 6.08 Å². The highest BCUT2D eigenvalue weighted by Crippen LogP contribution is 2.13. The van der Waals surface area contributed by atoms with Crippen molar-refractivity contribution >= 4 is 28.5 Å². The molecule has 0 heterocycles. The van der Waals surface area contributed by atoms with E-state index in [1.165, 1.54) is 12.1 Å². The van der Waals surface area contributed by atoms with E-state index in [9.17, 15) is 13.4 Å². The maximum atomic E-state index is 13.5. The molecule has 2 aromatic rings. The lowest BCUT2D eigenvalue weighted by molar-refractivity contribution is -0.115. The first kappa shape index (κ1) is 17.1. The topological polar surface area (TPSA) is 46.2 Å². The Hall–Kier alpha value is -2.27. The van der Waals surface area contributed by atoms with E-state index in [0.29, 0.717) is 0 Å². The number of para-hydroxylation sites is 1. The van der Waals surface area contributed by atoms with Gasteiger partial charge in [0.15, 0.2) is 0 Å². The third-order valence-electron chi connectivity index (χ3n) is 3.27. The molecule has 23 heavy (non-hydrogen) atoms. The van der Waals surface area contributed by atoms with Gasteiger partial charge >= 0.3 is 0 Å². The second kappa shape index (κ2) is 8.39. The molecule has 2 aromatic carbocycles. The van der Waals surface area contributed by atoms with E-state index in [1.807, 2.05) is 36.4 Å². The predicted molar refractivity (Wildman–Crippen MR) is 93.0 cm³/mol. The molecule has 0 aliphatic carbocycles. The van der Waals surface area contributed by atoms with Crippen molar-refractivity contribution in [1.29, 1.82) is 0 Å². The molecule has 0 spiro atoms. The molecule has 0 fully saturated rings. The minimum absolute atomic E-state index is 0.0983. The second-order valence-electron chi connectivity index (χ2n) is 4.97. The van der Waals surface area contributed by atoms with E-state index in [-0.39, 0.29) is 11.4 Å². The van der Waals surface area contributed by atoms with Crippen LogP contribution in [-0.4, -0.2) is 21.1 Å². The lowest BCUT2D eigenvalue weighted by Gasteiger charge is -2.11. The van der Waals surface area contributed by atoms with E-state index in [2.05, 4.69) is 5.32 Å². The van der Waals surface area contributed by atoms with E-state index in [4.69, 9.17) is 0 Å². The first-order valence-corrected chi connectivity index (χ1v) is 8.60. The molecule has 0 bridgehead atoms. The number of hydrogen-bond donors (Lipinski definition) is 1. The number of benzene rings is 2. The standard InChI is InChI=1S/C18H18FNO2S/c1-14(18(21)20-17-12-6-5-11-16(17)19)23(22)13-7-10-15-8-3-2-4-9-15/h2-12,14H,13H2,1H3,(H,20,21)/b10-7+/t14-,23+/m1/s1. The lowest BCUT2D eigenvalue weighted by atomic mass is 10.2. The molecule has 120 valence electrons. The summed E-state index contributed by atoms with van der Waals surface area (Å²) in [6.07, 6.45) is 3.64. The Morgan fingerprint density at radius 3 is 2.52 bits per heavy atom. The molecule has 1 amide bonds. The van der Waals surface area contributed by atoms with Gasteiger partial charge in [-0.2, -0.15) is 0 Å². The Morgan fingerprint density at radius 2 is 1.83 bits per heavy atom. The van der Waals surface area contributed by atoms with Crippen LogP contribution in [-0.2, 0) is 15.6 Å².